The summed E-state index contributed by atoms with van der Waals surface area (Å²) in [5.41, 5.74) is 0.862. The van der Waals surface area contributed by atoms with Crippen LogP contribution in [-0.4, -0.2) is 34.8 Å². The molecular formula is C17H20N4O3S. The van der Waals surface area contributed by atoms with Crippen LogP contribution in [0.3, 0.4) is 0 Å². The van der Waals surface area contributed by atoms with Crippen LogP contribution in [0.5, 0.6) is 0 Å². The summed E-state index contributed by atoms with van der Waals surface area (Å²) >= 11 is 1.66. The summed E-state index contributed by atoms with van der Waals surface area (Å²) in [5.74, 6) is 0.0767. The highest BCUT2D eigenvalue weighted by Crippen LogP contribution is 2.32. The molecule has 7 nitrogen and oxygen atoms in total. The van der Waals surface area contributed by atoms with E-state index in [2.05, 4.69) is 15.5 Å². The van der Waals surface area contributed by atoms with Gasteiger partial charge in [0, 0.05) is 30.0 Å². The van der Waals surface area contributed by atoms with Crippen molar-refractivity contribution in [1.29, 1.82) is 0 Å². The topological polar surface area (TPSA) is 88.3 Å². The van der Waals surface area contributed by atoms with Crippen LogP contribution in [0.25, 0.3) is 0 Å². The molecule has 132 valence electrons. The van der Waals surface area contributed by atoms with Crippen LogP contribution >= 0.6 is 11.8 Å². The Labute approximate surface area is 150 Å². The quantitative estimate of drug-likeness (QED) is 0.797. The lowest BCUT2D eigenvalue weighted by molar-refractivity contribution is -0.117. The normalized spacial score (nSPS) is 17.1. The van der Waals surface area contributed by atoms with Crippen molar-refractivity contribution in [3.05, 3.63) is 30.2 Å². The van der Waals surface area contributed by atoms with Crippen molar-refractivity contribution >= 4 is 35.3 Å². The Morgan fingerprint density at radius 2 is 2.12 bits per heavy atom. The number of nitrogens with one attached hydrogen (secondary N) is 1. The molecule has 0 aliphatic carbocycles. The fourth-order valence-corrected chi connectivity index (χ4v) is 3.15. The fraction of sp³-hybridized carbons (Fsp3) is 0.412. The number of hydrogen-bond donors (Lipinski definition) is 1. The minimum atomic E-state index is -0.169. The zero-order valence-electron chi connectivity index (χ0n) is 14.2. The molecule has 2 amide bonds. The van der Waals surface area contributed by atoms with Gasteiger partial charge in [-0.05, 0) is 36.9 Å². The predicted octanol–water partition coefficient (Wildman–Crippen LogP) is 3.05. The maximum atomic E-state index is 12.3. The van der Waals surface area contributed by atoms with Crippen molar-refractivity contribution in [3.8, 4) is 0 Å². The third kappa shape index (κ3) is 4.01. The monoisotopic (exact) mass is 360 g/mol. The van der Waals surface area contributed by atoms with Gasteiger partial charge in [-0.25, -0.2) is 0 Å². The number of aromatic nitrogens is 2. The third-order valence-corrected chi connectivity index (χ3v) is 4.77. The van der Waals surface area contributed by atoms with Crippen LogP contribution in [0.4, 0.5) is 11.7 Å². The average molecular weight is 360 g/mol. The van der Waals surface area contributed by atoms with E-state index in [-0.39, 0.29) is 23.7 Å². The first-order valence-electron chi connectivity index (χ1n) is 8.18. The Kier molecular flexibility index (Phi) is 5.37. The Morgan fingerprint density at radius 3 is 2.80 bits per heavy atom. The van der Waals surface area contributed by atoms with Gasteiger partial charge in [-0.2, -0.15) is 0 Å². The molecule has 1 saturated heterocycles. The van der Waals surface area contributed by atoms with Gasteiger partial charge in [0.1, 0.15) is 0 Å². The van der Waals surface area contributed by atoms with Crippen molar-refractivity contribution < 1.29 is 14.0 Å². The summed E-state index contributed by atoms with van der Waals surface area (Å²) in [4.78, 5) is 26.8. The SMILES string of the molecule is CCCC(=O)Nc1nnc(C2CC(=O)N(c3ccc(SC)cc3)C2)o1. The predicted molar refractivity (Wildman–Crippen MR) is 95.8 cm³/mol. The molecule has 1 atom stereocenters. The first-order valence-corrected chi connectivity index (χ1v) is 9.41. The molecule has 8 heteroatoms. The lowest BCUT2D eigenvalue weighted by Gasteiger charge is -2.16. The smallest absolute Gasteiger partial charge is 0.322 e. The maximum absolute atomic E-state index is 12.3. The van der Waals surface area contributed by atoms with Crippen LogP contribution in [0.15, 0.2) is 33.6 Å². The molecule has 3 rings (SSSR count). The Hall–Kier alpha value is -2.35. The van der Waals surface area contributed by atoms with Crippen LogP contribution in [0.2, 0.25) is 0 Å². The summed E-state index contributed by atoms with van der Waals surface area (Å²) in [6, 6.07) is 7.96. The van der Waals surface area contributed by atoms with Crippen molar-refractivity contribution in [2.24, 2.45) is 0 Å². The second-order valence-corrected chi connectivity index (χ2v) is 6.73. The second-order valence-electron chi connectivity index (χ2n) is 5.85. The molecule has 1 aliphatic heterocycles. The van der Waals surface area contributed by atoms with Gasteiger partial charge in [0.05, 0.1) is 5.92 Å². The average Bonchev–Trinajstić information content (AvgIpc) is 3.22. The van der Waals surface area contributed by atoms with E-state index in [9.17, 15) is 9.59 Å². The maximum Gasteiger partial charge on any atom is 0.322 e. The highest BCUT2D eigenvalue weighted by atomic mass is 32.2. The van der Waals surface area contributed by atoms with Crippen molar-refractivity contribution in [2.75, 3.05) is 23.0 Å². The number of benzene rings is 1. The summed E-state index contributed by atoms with van der Waals surface area (Å²) in [6.07, 6.45) is 3.47. The summed E-state index contributed by atoms with van der Waals surface area (Å²) in [7, 11) is 0. The molecule has 0 saturated carbocycles. The van der Waals surface area contributed by atoms with Crippen LogP contribution in [-0.2, 0) is 9.59 Å². The van der Waals surface area contributed by atoms with E-state index in [4.69, 9.17) is 4.42 Å². The summed E-state index contributed by atoms with van der Waals surface area (Å²) in [5, 5.41) is 10.4. The zero-order valence-corrected chi connectivity index (χ0v) is 15.0. The number of hydrogen-bond acceptors (Lipinski definition) is 6. The zero-order chi connectivity index (χ0) is 17.8. The second kappa shape index (κ2) is 7.69. The number of amides is 2. The molecule has 2 aromatic rings. The van der Waals surface area contributed by atoms with Gasteiger partial charge < -0.3 is 9.32 Å². The van der Waals surface area contributed by atoms with Gasteiger partial charge in [0.25, 0.3) is 0 Å². The number of rotatable bonds is 6. The van der Waals surface area contributed by atoms with Gasteiger partial charge >= 0.3 is 6.01 Å². The lowest BCUT2D eigenvalue weighted by Crippen LogP contribution is -2.24. The van der Waals surface area contributed by atoms with E-state index in [0.717, 1.165) is 17.0 Å². The standard InChI is InChI=1S/C17H20N4O3S/c1-3-4-14(22)18-17-20-19-16(24-17)11-9-15(23)21(10-11)12-5-7-13(25-2)8-6-12/h5-8,11H,3-4,9-10H2,1-2H3,(H,18,20,22). The van der Waals surface area contributed by atoms with Crippen molar-refractivity contribution in [3.63, 3.8) is 0 Å². The largest absolute Gasteiger partial charge is 0.407 e. The third-order valence-electron chi connectivity index (χ3n) is 4.02. The first-order chi connectivity index (χ1) is 12.1. The van der Waals surface area contributed by atoms with E-state index in [0.29, 0.717) is 25.3 Å². The minimum absolute atomic E-state index is 0.0247. The van der Waals surface area contributed by atoms with E-state index in [1.807, 2.05) is 37.4 Å². The van der Waals surface area contributed by atoms with E-state index in [1.54, 1.807) is 16.7 Å². The molecule has 0 spiro atoms. The van der Waals surface area contributed by atoms with Gasteiger partial charge in [0.15, 0.2) is 0 Å². The van der Waals surface area contributed by atoms with E-state index in [1.165, 1.54) is 0 Å². The minimum Gasteiger partial charge on any atom is -0.407 e. The Morgan fingerprint density at radius 1 is 1.36 bits per heavy atom. The number of carbonyl (C=O) groups is 2. The van der Waals surface area contributed by atoms with Gasteiger partial charge in [-0.1, -0.05) is 12.0 Å². The fourth-order valence-electron chi connectivity index (χ4n) is 2.74. The highest BCUT2D eigenvalue weighted by Gasteiger charge is 2.35. The molecule has 1 fully saturated rings. The van der Waals surface area contributed by atoms with Crippen LogP contribution in [0.1, 0.15) is 38.0 Å². The molecule has 25 heavy (non-hydrogen) atoms. The van der Waals surface area contributed by atoms with E-state index >= 15 is 0 Å². The lowest BCUT2D eigenvalue weighted by atomic mass is 10.1. The molecule has 0 radical (unpaired) electrons. The number of nitrogens with zero attached hydrogens (tertiary/aromatic N) is 3. The van der Waals surface area contributed by atoms with Gasteiger partial charge in [-0.15, -0.1) is 16.9 Å². The number of anilines is 2. The first kappa shape index (κ1) is 17.5. The molecule has 1 N–H and O–H groups in total. The van der Waals surface area contributed by atoms with Gasteiger partial charge in [-0.3, -0.25) is 14.9 Å². The van der Waals surface area contributed by atoms with Crippen LogP contribution in [0, 0.1) is 0 Å². The summed E-state index contributed by atoms with van der Waals surface area (Å²) in [6.45, 7) is 2.41. The van der Waals surface area contributed by atoms with Crippen molar-refractivity contribution in [2.45, 2.75) is 37.0 Å². The van der Waals surface area contributed by atoms with Gasteiger partial charge in [0.2, 0.25) is 17.7 Å². The molecule has 0 bridgehead atoms. The number of carbonyl (C=O) groups excluding carboxylic acids is 2. The summed E-state index contributed by atoms with van der Waals surface area (Å²) < 4.78 is 5.52. The number of thioether (sulfide) groups is 1. The van der Waals surface area contributed by atoms with Crippen LogP contribution < -0.4 is 10.2 Å². The molecule has 1 aromatic carbocycles. The van der Waals surface area contributed by atoms with E-state index < -0.39 is 0 Å². The van der Waals surface area contributed by atoms with Crippen molar-refractivity contribution in [1.82, 2.24) is 10.2 Å². The molecule has 1 aromatic heterocycles. The highest BCUT2D eigenvalue weighted by molar-refractivity contribution is 7.98. The molecular weight excluding hydrogens is 340 g/mol. The molecule has 1 aliphatic rings. The molecule has 2 heterocycles. The Balaban J connectivity index is 1.67. The molecule has 1 unspecified atom stereocenters. The Bertz CT molecular complexity index is 760.